The summed E-state index contributed by atoms with van der Waals surface area (Å²) in [6.45, 7) is 4.16. The van der Waals surface area contributed by atoms with Gasteiger partial charge in [-0.3, -0.25) is 4.99 Å². The average molecular weight is 478 g/mol. The predicted molar refractivity (Wildman–Crippen MR) is 111 cm³/mol. The van der Waals surface area contributed by atoms with E-state index in [1.807, 2.05) is 18.7 Å². The van der Waals surface area contributed by atoms with E-state index in [2.05, 4.69) is 25.4 Å². The maximum Gasteiger partial charge on any atom is 0.194 e. The van der Waals surface area contributed by atoms with Crippen LogP contribution in [0.15, 0.2) is 11.3 Å². The van der Waals surface area contributed by atoms with Crippen molar-refractivity contribution in [1.29, 1.82) is 0 Å². The summed E-state index contributed by atoms with van der Waals surface area (Å²) in [6, 6.07) is 0. The third-order valence-corrected chi connectivity index (χ3v) is 4.95. The van der Waals surface area contributed by atoms with Crippen LogP contribution in [0.2, 0.25) is 0 Å². The molecule has 2 saturated heterocycles. The lowest BCUT2D eigenvalue weighted by Crippen LogP contribution is -2.47. The maximum atomic E-state index is 6.09. The van der Waals surface area contributed by atoms with Crippen LogP contribution in [0, 0.1) is 0 Å². The van der Waals surface area contributed by atoms with E-state index in [-0.39, 0.29) is 24.0 Å². The zero-order valence-electron chi connectivity index (χ0n) is 15.8. The summed E-state index contributed by atoms with van der Waals surface area (Å²) >= 11 is 0. The monoisotopic (exact) mass is 478 g/mol. The van der Waals surface area contributed by atoms with Crippen LogP contribution in [0.5, 0.6) is 0 Å². The number of nitrogens with zero attached hydrogens (tertiary/aromatic N) is 5. The smallest absolute Gasteiger partial charge is 0.194 e. The number of guanidine groups is 1. The van der Waals surface area contributed by atoms with Crippen LogP contribution in [0.25, 0.3) is 0 Å². The van der Waals surface area contributed by atoms with Crippen molar-refractivity contribution in [3.63, 3.8) is 0 Å². The van der Waals surface area contributed by atoms with Gasteiger partial charge in [-0.15, -0.1) is 34.2 Å². The van der Waals surface area contributed by atoms with E-state index in [0.717, 1.165) is 57.3 Å². The fraction of sp³-hybridized carbons (Fsp3) is 0.824. The first-order chi connectivity index (χ1) is 12.3. The quantitative estimate of drug-likeness (QED) is 0.394. The molecule has 9 heteroatoms. The number of nitrogens with one attached hydrogen (secondary N) is 1. The Hall–Kier alpha value is -0.940. The van der Waals surface area contributed by atoms with Gasteiger partial charge in [0.1, 0.15) is 6.33 Å². The number of aliphatic imine (C=N–C) groups is 1. The number of rotatable bonds is 5. The number of ether oxygens (including phenoxy) is 2. The normalized spacial score (nSPS) is 22.2. The van der Waals surface area contributed by atoms with Gasteiger partial charge in [-0.1, -0.05) is 0 Å². The molecule has 1 N–H and O–H groups in total. The van der Waals surface area contributed by atoms with E-state index >= 15 is 0 Å². The number of piperidine rings is 1. The molecule has 26 heavy (non-hydrogen) atoms. The Morgan fingerprint density at radius 1 is 1.35 bits per heavy atom. The summed E-state index contributed by atoms with van der Waals surface area (Å²) in [4.78, 5) is 6.68. The number of hydrogen-bond donors (Lipinski definition) is 1. The molecule has 0 saturated carbocycles. The highest BCUT2D eigenvalue weighted by Crippen LogP contribution is 2.18. The van der Waals surface area contributed by atoms with Gasteiger partial charge in [0, 0.05) is 33.8 Å². The molecule has 1 aromatic rings. The van der Waals surface area contributed by atoms with Gasteiger partial charge in [-0.05, 0) is 32.1 Å². The molecule has 0 radical (unpaired) electrons. The number of halogens is 1. The second-order valence-corrected chi connectivity index (χ2v) is 6.77. The molecule has 0 aromatic carbocycles. The van der Waals surface area contributed by atoms with Crippen molar-refractivity contribution < 1.29 is 9.47 Å². The summed E-state index contributed by atoms with van der Waals surface area (Å²) < 4.78 is 13.7. The van der Waals surface area contributed by atoms with Crippen molar-refractivity contribution in [3.05, 3.63) is 12.2 Å². The topological polar surface area (TPSA) is 76.8 Å². The zero-order valence-corrected chi connectivity index (χ0v) is 18.1. The van der Waals surface area contributed by atoms with Gasteiger partial charge in [-0.25, -0.2) is 0 Å². The Balaban J connectivity index is 0.00000243. The van der Waals surface area contributed by atoms with E-state index < -0.39 is 0 Å². The summed E-state index contributed by atoms with van der Waals surface area (Å²) in [6.07, 6.45) is 7.98. The highest BCUT2D eigenvalue weighted by Gasteiger charge is 2.23. The van der Waals surface area contributed by atoms with Crippen LogP contribution in [-0.2, 0) is 23.1 Å². The number of aromatic nitrogens is 3. The molecule has 8 nitrogen and oxygen atoms in total. The summed E-state index contributed by atoms with van der Waals surface area (Å²) in [5.74, 6) is 1.81. The first-order valence-corrected chi connectivity index (χ1v) is 9.28. The van der Waals surface area contributed by atoms with E-state index in [4.69, 9.17) is 9.47 Å². The third kappa shape index (κ3) is 6.05. The zero-order chi connectivity index (χ0) is 17.5. The fourth-order valence-corrected chi connectivity index (χ4v) is 3.37. The summed E-state index contributed by atoms with van der Waals surface area (Å²) in [7, 11) is 3.76. The molecule has 0 aliphatic carbocycles. The second kappa shape index (κ2) is 11.0. The van der Waals surface area contributed by atoms with E-state index in [1.54, 1.807) is 6.33 Å². The van der Waals surface area contributed by atoms with Gasteiger partial charge >= 0.3 is 0 Å². The van der Waals surface area contributed by atoms with E-state index in [9.17, 15) is 0 Å². The van der Waals surface area contributed by atoms with Gasteiger partial charge in [-0.2, -0.15) is 0 Å². The van der Waals surface area contributed by atoms with Crippen molar-refractivity contribution in [2.24, 2.45) is 12.0 Å². The molecule has 0 spiro atoms. The summed E-state index contributed by atoms with van der Waals surface area (Å²) in [5.41, 5.74) is 0. The van der Waals surface area contributed by atoms with Crippen molar-refractivity contribution in [3.8, 4) is 0 Å². The minimum Gasteiger partial charge on any atom is -0.376 e. The molecule has 2 aliphatic rings. The van der Waals surface area contributed by atoms with E-state index in [0.29, 0.717) is 18.8 Å². The highest BCUT2D eigenvalue weighted by molar-refractivity contribution is 14.0. The number of hydrogen-bond acceptors (Lipinski definition) is 5. The minimum absolute atomic E-state index is 0. The van der Waals surface area contributed by atoms with Crippen LogP contribution >= 0.6 is 24.0 Å². The molecule has 1 aromatic heterocycles. The molecule has 2 fully saturated rings. The van der Waals surface area contributed by atoms with Gasteiger partial charge in [0.2, 0.25) is 0 Å². The van der Waals surface area contributed by atoms with Gasteiger partial charge in [0.05, 0.1) is 25.4 Å². The number of likely N-dealkylation sites (tertiary alicyclic amines) is 1. The molecule has 3 rings (SSSR count). The fourth-order valence-electron chi connectivity index (χ4n) is 3.37. The Labute approximate surface area is 172 Å². The molecule has 3 heterocycles. The Morgan fingerprint density at radius 2 is 2.15 bits per heavy atom. The molecular weight excluding hydrogens is 447 g/mol. The van der Waals surface area contributed by atoms with Gasteiger partial charge < -0.3 is 24.3 Å². The van der Waals surface area contributed by atoms with E-state index in [1.165, 1.54) is 12.8 Å². The molecule has 1 atom stereocenters. The predicted octanol–water partition coefficient (Wildman–Crippen LogP) is 1.56. The van der Waals surface area contributed by atoms with Crippen molar-refractivity contribution in [2.75, 3.05) is 33.4 Å². The molecule has 2 aliphatic heterocycles. The first-order valence-electron chi connectivity index (χ1n) is 9.28. The Morgan fingerprint density at radius 3 is 2.77 bits per heavy atom. The lowest BCUT2D eigenvalue weighted by atomic mass is 10.1. The minimum atomic E-state index is 0. The standard InChI is InChI=1S/C17H30N6O2.HI/c1-18-17(19-11-16-21-20-13-22(16)2)23-8-6-14(7-9-23)25-12-15-5-3-4-10-24-15;/h13-15H,3-12H2,1-2H3,(H,18,19);1H. The average Bonchev–Trinajstić information content (AvgIpc) is 3.07. The summed E-state index contributed by atoms with van der Waals surface area (Å²) in [5, 5.41) is 11.4. The maximum absolute atomic E-state index is 6.09. The van der Waals surface area contributed by atoms with Crippen LogP contribution in [0.4, 0.5) is 0 Å². The van der Waals surface area contributed by atoms with Crippen molar-refractivity contribution in [2.45, 2.75) is 50.9 Å². The van der Waals surface area contributed by atoms with Crippen LogP contribution in [-0.4, -0.2) is 71.2 Å². The van der Waals surface area contributed by atoms with Gasteiger partial charge in [0.15, 0.2) is 11.8 Å². The van der Waals surface area contributed by atoms with Crippen LogP contribution < -0.4 is 5.32 Å². The molecule has 148 valence electrons. The molecule has 1 unspecified atom stereocenters. The SMILES string of the molecule is CN=C(NCc1nncn1C)N1CCC(OCC2CCCCO2)CC1.I. The number of aryl methyl sites for hydroxylation is 1. The molecular formula is C17H31IN6O2. The molecule has 0 amide bonds. The second-order valence-electron chi connectivity index (χ2n) is 6.77. The van der Waals surface area contributed by atoms with Crippen LogP contribution in [0.3, 0.4) is 0 Å². The largest absolute Gasteiger partial charge is 0.376 e. The molecule has 0 bridgehead atoms. The van der Waals surface area contributed by atoms with Crippen LogP contribution in [0.1, 0.15) is 37.9 Å². The Kier molecular flexibility index (Phi) is 9.06. The van der Waals surface area contributed by atoms with Crippen molar-refractivity contribution in [1.82, 2.24) is 25.0 Å². The highest BCUT2D eigenvalue weighted by atomic mass is 127. The Bertz CT molecular complexity index is 553. The first kappa shape index (κ1) is 21.4. The third-order valence-electron chi connectivity index (χ3n) is 4.95. The lowest BCUT2D eigenvalue weighted by Gasteiger charge is -2.35. The van der Waals surface area contributed by atoms with Gasteiger partial charge in [0.25, 0.3) is 0 Å². The lowest BCUT2D eigenvalue weighted by molar-refractivity contribution is -0.0721. The van der Waals surface area contributed by atoms with Crippen molar-refractivity contribution >= 4 is 29.9 Å².